The molecule has 0 saturated carbocycles. The van der Waals surface area contributed by atoms with Gasteiger partial charge in [0.25, 0.3) is 0 Å². The van der Waals surface area contributed by atoms with Gasteiger partial charge in [-0.2, -0.15) is 0 Å². The third kappa shape index (κ3) is 2.93. The van der Waals surface area contributed by atoms with Crippen LogP contribution in [-0.4, -0.2) is 13.1 Å². The van der Waals surface area contributed by atoms with Crippen molar-refractivity contribution in [2.45, 2.75) is 32.7 Å². The molecule has 0 spiro atoms. The van der Waals surface area contributed by atoms with E-state index in [4.69, 9.17) is 17.3 Å². The molecule has 1 aromatic rings. The van der Waals surface area contributed by atoms with Crippen LogP contribution in [0.4, 0.5) is 5.69 Å². The Hall–Kier alpha value is -0.730. The molecule has 2 N–H and O–H groups in total. The summed E-state index contributed by atoms with van der Waals surface area (Å²) in [6.45, 7) is 6.52. The number of benzene rings is 1. The molecular weight excluding hydrogens is 232 g/mol. The Kier molecular flexibility index (Phi) is 3.95. The van der Waals surface area contributed by atoms with E-state index >= 15 is 0 Å². The lowest BCUT2D eigenvalue weighted by Crippen LogP contribution is -2.32. The Bertz CT molecular complexity index is 382. The molecule has 1 aromatic carbocycles. The molecule has 0 aliphatic carbocycles. The minimum atomic E-state index is 0.0444. The molecule has 1 aliphatic rings. The van der Waals surface area contributed by atoms with Crippen molar-refractivity contribution in [3.05, 3.63) is 28.8 Å². The third-order valence-corrected chi connectivity index (χ3v) is 3.92. The molecule has 1 saturated heterocycles. The molecule has 3 heteroatoms. The van der Waals surface area contributed by atoms with Crippen molar-refractivity contribution < 1.29 is 0 Å². The summed E-state index contributed by atoms with van der Waals surface area (Å²) in [6, 6.07) is 6.24. The second kappa shape index (κ2) is 5.28. The van der Waals surface area contributed by atoms with Crippen LogP contribution in [0.1, 0.15) is 38.3 Å². The Balaban J connectivity index is 2.16. The first-order valence-corrected chi connectivity index (χ1v) is 6.75. The summed E-state index contributed by atoms with van der Waals surface area (Å²) in [5.41, 5.74) is 8.11. The molecule has 1 fully saturated rings. The average molecular weight is 253 g/mol. The first kappa shape index (κ1) is 12.7. The van der Waals surface area contributed by atoms with E-state index in [1.54, 1.807) is 0 Å². The fourth-order valence-corrected chi connectivity index (χ4v) is 2.62. The molecule has 1 heterocycles. The molecular formula is C14H21ClN2. The highest BCUT2D eigenvalue weighted by atomic mass is 35.5. The summed E-state index contributed by atoms with van der Waals surface area (Å²) in [6.07, 6.45) is 2.51. The zero-order valence-corrected chi connectivity index (χ0v) is 11.4. The van der Waals surface area contributed by atoms with Gasteiger partial charge in [-0.1, -0.05) is 24.6 Å². The molecule has 0 aromatic heterocycles. The van der Waals surface area contributed by atoms with Crippen molar-refractivity contribution in [3.63, 3.8) is 0 Å². The van der Waals surface area contributed by atoms with Crippen molar-refractivity contribution in [2.24, 2.45) is 11.7 Å². The highest BCUT2D eigenvalue weighted by Crippen LogP contribution is 2.31. The van der Waals surface area contributed by atoms with Crippen LogP contribution in [0.3, 0.4) is 0 Å². The number of hydrogen-bond donors (Lipinski definition) is 1. The standard InChI is InChI=1S/C14H21ClN2/c1-10-5-7-17(8-6-10)14-4-3-12(11(2)16)9-13(14)15/h3-4,9-11H,5-8,16H2,1-2H3/t11-/m1/s1. The number of hydrogen-bond acceptors (Lipinski definition) is 2. The number of rotatable bonds is 2. The van der Waals surface area contributed by atoms with Crippen LogP contribution in [0.15, 0.2) is 18.2 Å². The topological polar surface area (TPSA) is 29.3 Å². The Labute approximate surface area is 109 Å². The second-order valence-corrected chi connectivity index (χ2v) is 5.58. The van der Waals surface area contributed by atoms with E-state index in [-0.39, 0.29) is 6.04 Å². The molecule has 2 rings (SSSR count). The lowest BCUT2D eigenvalue weighted by Gasteiger charge is -2.33. The van der Waals surface area contributed by atoms with Crippen LogP contribution in [0.5, 0.6) is 0 Å². The van der Waals surface area contributed by atoms with Gasteiger partial charge < -0.3 is 10.6 Å². The predicted octanol–water partition coefficient (Wildman–Crippen LogP) is 3.60. The van der Waals surface area contributed by atoms with E-state index in [0.717, 1.165) is 35.3 Å². The third-order valence-electron chi connectivity index (χ3n) is 3.62. The fraction of sp³-hybridized carbons (Fsp3) is 0.571. The van der Waals surface area contributed by atoms with Crippen molar-refractivity contribution >= 4 is 17.3 Å². The van der Waals surface area contributed by atoms with Crippen LogP contribution in [0, 0.1) is 5.92 Å². The Morgan fingerprint density at radius 3 is 2.53 bits per heavy atom. The maximum Gasteiger partial charge on any atom is 0.0642 e. The van der Waals surface area contributed by atoms with Gasteiger partial charge >= 0.3 is 0 Å². The van der Waals surface area contributed by atoms with E-state index in [1.165, 1.54) is 12.8 Å². The average Bonchev–Trinajstić information content (AvgIpc) is 2.30. The molecule has 94 valence electrons. The van der Waals surface area contributed by atoms with E-state index in [2.05, 4.69) is 24.0 Å². The van der Waals surface area contributed by atoms with Crippen LogP contribution < -0.4 is 10.6 Å². The fourth-order valence-electron chi connectivity index (χ4n) is 2.31. The zero-order chi connectivity index (χ0) is 12.4. The highest BCUT2D eigenvalue weighted by Gasteiger charge is 2.18. The zero-order valence-electron chi connectivity index (χ0n) is 10.6. The largest absolute Gasteiger partial charge is 0.370 e. The van der Waals surface area contributed by atoms with Gasteiger partial charge in [0.05, 0.1) is 10.7 Å². The molecule has 0 unspecified atom stereocenters. The number of anilines is 1. The summed E-state index contributed by atoms with van der Waals surface area (Å²) in [5, 5.41) is 0.828. The van der Waals surface area contributed by atoms with Gasteiger partial charge in [-0.25, -0.2) is 0 Å². The first-order chi connectivity index (χ1) is 8.08. The minimum absolute atomic E-state index is 0.0444. The number of nitrogens with zero attached hydrogens (tertiary/aromatic N) is 1. The molecule has 0 amide bonds. The van der Waals surface area contributed by atoms with Gasteiger partial charge in [-0.15, -0.1) is 0 Å². The Morgan fingerprint density at radius 1 is 1.35 bits per heavy atom. The maximum absolute atomic E-state index is 6.35. The first-order valence-electron chi connectivity index (χ1n) is 6.38. The van der Waals surface area contributed by atoms with Crippen LogP contribution >= 0.6 is 11.6 Å². The van der Waals surface area contributed by atoms with Gasteiger partial charge in [0.1, 0.15) is 0 Å². The molecule has 0 radical (unpaired) electrons. The predicted molar refractivity (Wildman–Crippen MR) is 74.7 cm³/mol. The lowest BCUT2D eigenvalue weighted by molar-refractivity contribution is 0.438. The summed E-state index contributed by atoms with van der Waals surface area (Å²) in [4.78, 5) is 2.38. The van der Waals surface area contributed by atoms with Crippen LogP contribution in [-0.2, 0) is 0 Å². The van der Waals surface area contributed by atoms with Gasteiger partial charge in [-0.05, 0) is 43.4 Å². The maximum atomic E-state index is 6.35. The normalized spacial score (nSPS) is 19.4. The number of halogens is 1. The van der Waals surface area contributed by atoms with E-state index in [1.807, 2.05) is 13.0 Å². The lowest BCUT2D eigenvalue weighted by atomic mass is 9.98. The smallest absolute Gasteiger partial charge is 0.0642 e. The minimum Gasteiger partial charge on any atom is -0.370 e. The van der Waals surface area contributed by atoms with Gasteiger partial charge in [0.15, 0.2) is 0 Å². The second-order valence-electron chi connectivity index (χ2n) is 5.17. The Morgan fingerprint density at radius 2 is 2.00 bits per heavy atom. The summed E-state index contributed by atoms with van der Waals surface area (Å²) >= 11 is 6.35. The van der Waals surface area contributed by atoms with Gasteiger partial charge in [0.2, 0.25) is 0 Å². The van der Waals surface area contributed by atoms with Crippen LogP contribution in [0.2, 0.25) is 5.02 Å². The number of piperidine rings is 1. The SMILES string of the molecule is CC1CCN(c2ccc([C@@H](C)N)cc2Cl)CC1. The van der Waals surface area contributed by atoms with E-state index in [9.17, 15) is 0 Å². The van der Waals surface area contributed by atoms with Crippen LogP contribution in [0.25, 0.3) is 0 Å². The van der Waals surface area contributed by atoms with E-state index < -0.39 is 0 Å². The van der Waals surface area contributed by atoms with Crippen molar-refractivity contribution in [2.75, 3.05) is 18.0 Å². The summed E-state index contributed by atoms with van der Waals surface area (Å²) in [5.74, 6) is 0.841. The monoisotopic (exact) mass is 252 g/mol. The van der Waals surface area contributed by atoms with E-state index in [0.29, 0.717) is 0 Å². The number of nitrogens with two attached hydrogens (primary N) is 1. The molecule has 2 nitrogen and oxygen atoms in total. The van der Waals surface area contributed by atoms with Gasteiger partial charge in [0, 0.05) is 19.1 Å². The molecule has 17 heavy (non-hydrogen) atoms. The van der Waals surface area contributed by atoms with Gasteiger partial charge in [-0.3, -0.25) is 0 Å². The van der Waals surface area contributed by atoms with Crippen molar-refractivity contribution in [3.8, 4) is 0 Å². The molecule has 1 atom stereocenters. The van der Waals surface area contributed by atoms with Crippen molar-refractivity contribution in [1.82, 2.24) is 0 Å². The summed E-state index contributed by atoms with van der Waals surface area (Å²) in [7, 11) is 0. The molecule has 1 aliphatic heterocycles. The van der Waals surface area contributed by atoms with Crippen molar-refractivity contribution in [1.29, 1.82) is 0 Å². The summed E-state index contributed by atoms with van der Waals surface area (Å²) < 4.78 is 0. The quantitative estimate of drug-likeness (QED) is 0.872. The molecule has 0 bridgehead atoms. The highest BCUT2D eigenvalue weighted by molar-refractivity contribution is 6.33.